The van der Waals surface area contributed by atoms with Gasteiger partial charge < -0.3 is 5.11 Å². The van der Waals surface area contributed by atoms with Crippen LogP contribution < -0.4 is 0 Å². The number of benzene rings is 2. The highest BCUT2D eigenvalue weighted by molar-refractivity contribution is 5.65. The van der Waals surface area contributed by atoms with Crippen molar-refractivity contribution in [3.8, 4) is 0 Å². The van der Waals surface area contributed by atoms with Crippen LogP contribution in [0.15, 0.2) is 60.7 Å². The molecule has 3 aliphatic rings. The van der Waals surface area contributed by atoms with E-state index >= 15 is 0 Å². The van der Waals surface area contributed by atoms with Gasteiger partial charge in [-0.1, -0.05) is 74.5 Å². The molecule has 0 aliphatic heterocycles. The minimum Gasteiger partial charge on any atom is -0.393 e. The molecule has 5 rings (SSSR count). The largest absolute Gasteiger partial charge is 0.393 e. The number of fused-ring (bicyclic) bond motifs is 4. The van der Waals surface area contributed by atoms with Gasteiger partial charge in [0.05, 0.1) is 6.10 Å². The summed E-state index contributed by atoms with van der Waals surface area (Å²) in [6.07, 6.45) is 0.848. The van der Waals surface area contributed by atoms with Crippen molar-refractivity contribution in [1.82, 2.24) is 0 Å². The fourth-order valence-corrected chi connectivity index (χ4v) is 6.93. The van der Waals surface area contributed by atoms with Crippen LogP contribution in [0, 0.1) is 17.3 Å². The Hall–Kier alpha value is -1.60. The van der Waals surface area contributed by atoms with E-state index in [9.17, 15) is 5.11 Å². The first kappa shape index (κ1) is 12.9. The van der Waals surface area contributed by atoms with Gasteiger partial charge in [0, 0.05) is 10.8 Å². The van der Waals surface area contributed by atoms with Crippen LogP contribution in [0.2, 0.25) is 0 Å². The van der Waals surface area contributed by atoms with Crippen LogP contribution in [0.25, 0.3) is 0 Å². The van der Waals surface area contributed by atoms with Crippen LogP contribution in [0.5, 0.6) is 0 Å². The maximum atomic E-state index is 10.5. The van der Waals surface area contributed by atoms with Gasteiger partial charge in [0.2, 0.25) is 0 Å². The smallest absolute Gasteiger partial charge is 0.0583 e. The minimum atomic E-state index is -0.121. The van der Waals surface area contributed by atoms with Crippen molar-refractivity contribution in [3.05, 3.63) is 71.8 Å². The Morgan fingerprint density at radius 2 is 1.32 bits per heavy atom. The molecule has 0 aromatic heterocycles. The molecule has 1 N–H and O–H groups in total. The van der Waals surface area contributed by atoms with Gasteiger partial charge in [-0.15, -0.1) is 0 Å². The third-order valence-corrected chi connectivity index (χ3v) is 7.39. The lowest BCUT2D eigenvalue weighted by molar-refractivity contribution is -0.133. The molecule has 0 amide bonds. The van der Waals surface area contributed by atoms with E-state index in [0.717, 1.165) is 6.42 Å². The van der Waals surface area contributed by atoms with Crippen molar-refractivity contribution in [2.45, 2.75) is 37.2 Å². The Morgan fingerprint density at radius 1 is 0.818 bits per heavy atom. The molecular weight excluding hydrogens is 268 g/mol. The first-order valence-corrected chi connectivity index (χ1v) is 8.39. The molecular formula is C21H22O. The first-order chi connectivity index (χ1) is 10.6. The molecule has 0 bridgehead atoms. The lowest BCUT2D eigenvalue weighted by Gasteiger charge is -2.61. The number of aliphatic hydroxyl groups is 1. The van der Waals surface area contributed by atoms with Gasteiger partial charge in [-0.2, -0.15) is 0 Å². The predicted octanol–water partition coefficient (Wildman–Crippen LogP) is 3.91. The summed E-state index contributed by atoms with van der Waals surface area (Å²) in [5, 5.41) is 10.5. The minimum absolute atomic E-state index is 0.116. The molecule has 5 atom stereocenters. The second-order valence-electron chi connectivity index (χ2n) is 7.91. The summed E-state index contributed by atoms with van der Waals surface area (Å²) in [7, 11) is 0. The molecule has 22 heavy (non-hydrogen) atoms. The van der Waals surface area contributed by atoms with E-state index in [-0.39, 0.29) is 22.3 Å². The molecule has 1 heteroatoms. The molecule has 1 nitrogen and oxygen atoms in total. The normalized spacial score (nSPS) is 43.3. The zero-order valence-electron chi connectivity index (χ0n) is 13.2. The fraction of sp³-hybridized carbons (Fsp3) is 0.429. The molecule has 112 valence electrons. The molecule has 0 heterocycles. The molecule has 3 fully saturated rings. The molecule has 0 saturated heterocycles. The molecule has 0 unspecified atom stereocenters. The van der Waals surface area contributed by atoms with E-state index in [1.807, 2.05) is 0 Å². The number of rotatable bonds is 2. The van der Waals surface area contributed by atoms with Crippen molar-refractivity contribution in [1.29, 1.82) is 0 Å². The zero-order chi connectivity index (χ0) is 15.2. The molecule has 3 aliphatic carbocycles. The van der Waals surface area contributed by atoms with Crippen molar-refractivity contribution < 1.29 is 5.11 Å². The monoisotopic (exact) mass is 290 g/mol. The topological polar surface area (TPSA) is 20.2 Å². The SMILES string of the molecule is CC1(C)[C@]2(c3ccccc3)[C@H]3[C@@H](O)C[C@@H]3[C@]12c1ccccc1. The van der Waals surface area contributed by atoms with Crippen LogP contribution in [-0.4, -0.2) is 11.2 Å². The van der Waals surface area contributed by atoms with E-state index in [1.54, 1.807) is 0 Å². The molecule has 3 saturated carbocycles. The second-order valence-corrected chi connectivity index (χ2v) is 7.91. The van der Waals surface area contributed by atoms with Crippen molar-refractivity contribution in [2.75, 3.05) is 0 Å². The third-order valence-electron chi connectivity index (χ3n) is 7.39. The second kappa shape index (κ2) is 3.65. The highest BCUT2D eigenvalue weighted by Crippen LogP contribution is 2.96. The number of hydrogen-bond acceptors (Lipinski definition) is 1. The van der Waals surface area contributed by atoms with Gasteiger partial charge in [0.15, 0.2) is 0 Å². The lowest BCUT2D eigenvalue weighted by Crippen LogP contribution is -2.64. The van der Waals surface area contributed by atoms with Crippen LogP contribution in [0.3, 0.4) is 0 Å². The third kappa shape index (κ3) is 0.980. The predicted molar refractivity (Wildman–Crippen MR) is 87.6 cm³/mol. The lowest BCUT2D eigenvalue weighted by atomic mass is 9.43. The molecule has 2 aromatic carbocycles. The average Bonchev–Trinajstić information content (AvgIpc) is 2.91. The Morgan fingerprint density at radius 3 is 1.82 bits per heavy atom. The average molecular weight is 290 g/mol. The van der Waals surface area contributed by atoms with Crippen molar-refractivity contribution in [2.24, 2.45) is 17.3 Å². The van der Waals surface area contributed by atoms with E-state index in [2.05, 4.69) is 74.5 Å². The van der Waals surface area contributed by atoms with Gasteiger partial charge in [0.1, 0.15) is 0 Å². The van der Waals surface area contributed by atoms with Gasteiger partial charge >= 0.3 is 0 Å². The summed E-state index contributed by atoms with van der Waals surface area (Å²) in [6, 6.07) is 22.0. The van der Waals surface area contributed by atoms with Crippen molar-refractivity contribution >= 4 is 0 Å². The summed E-state index contributed by atoms with van der Waals surface area (Å²) in [5.74, 6) is 1.07. The van der Waals surface area contributed by atoms with Crippen LogP contribution in [-0.2, 0) is 10.8 Å². The van der Waals surface area contributed by atoms with Gasteiger partial charge in [-0.05, 0) is 34.8 Å². The summed E-state index contributed by atoms with van der Waals surface area (Å²) in [6.45, 7) is 4.83. The Kier molecular flexibility index (Phi) is 2.14. The standard InChI is InChI=1S/C21H22O/c1-19(2)20(14-9-5-3-6-10-14)16-13-17(22)18(16)21(19,20)15-11-7-4-8-12-15/h3-12,16-18,22H,13H2,1-2H3/t16-,17-,18+,20+,21-/m0/s1. The highest BCUT2D eigenvalue weighted by Gasteiger charge is 2.98. The van der Waals surface area contributed by atoms with E-state index in [0.29, 0.717) is 11.8 Å². The number of hydrogen-bond donors (Lipinski definition) is 1. The maximum Gasteiger partial charge on any atom is 0.0583 e. The van der Waals surface area contributed by atoms with Gasteiger partial charge in [0.25, 0.3) is 0 Å². The van der Waals surface area contributed by atoms with Gasteiger partial charge in [-0.25, -0.2) is 0 Å². The highest BCUT2D eigenvalue weighted by atomic mass is 16.3. The van der Waals surface area contributed by atoms with Crippen LogP contribution in [0.4, 0.5) is 0 Å². The van der Waals surface area contributed by atoms with Crippen LogP contribution in [0.1, 0.15) is 31.4 Å². The molecule has 2 aromatic rings. The summed E-state index contributed by atoms with van der Waals surface area (Å²) in [5.41, 5.74) is 3.42. The van der Waals surface area contributed by atoms with Crippen LogP contribution >= 0.6 is 0 Å². The summed E-state index contributed by atoms with van der Waals surface area (Å²) < 4.78 is 0. The van der Waals surface area contributed by atoms with E-state index in [1.165, 1.54) is 11.1 Å². The maximum absolute atomic E-state index is 10.5. The van der Waals surface area contributed by atoms with E-state index in [4.69, 9.17) is 0 Å². The fourth-order valence-electron chi connectivity index (χ4n) is 6.93. The first-order valence-electron chi connectivity index (χ1n) is 8.39. The molecule has 0 radical (unpaired) electrons. The Balaban J connectivity index is 1.76. The number of aliphatic hydroxyl groups excluding tert-OH is 1. The van der Waals surface area contributed by atoms with Gasteiger partial charge in [-0.3, -0.25) is 0 Å². The quantitative estimate of drug-likeness (QED) is 0.889. The van der Waals surface area contributed by atoms with Crippen molar-refractivity contribution in [3.63, 3.8) is 0 Å². The summed E-state index contributed by atoms with van der Waals surface area (Å²) >= 11 is 0. The zero-order valence-corrected chi connectivity index (χ0v) is 13.2. The Bertz CT molecular complexity index is 735. The van der Waals surface area contributed by atoms with E-state index < -0.39 is 0 Å². The molecule has 0 spiro atoms. The summed E-state index contributed by atoms with van der Waals surface area (Å²) in [4.78, 5) is 0. The Labute approximate surface area is 132 Å².